The molecule has 1 unspecified atom stereocenters. The third-order valence-corrected chi connectivity index (χ3v) is 6.57. The molecule has 1 aromatic carbocycles. The van der Waals surface area contributed by atoms with E-state index in [0.717, 1.165) is 14.8 Å². The van der Waals surface area contributed by atoms with Crippen LogP contribution >= 0.6 is 22.6 Å². The molecular weight excluding hydrogens is 429 g/mol. The number of anilines is 1. The summed E-state index contributed by atoms with van der Waals surface area (Å²) in [5.41, 5.74) is 1.78. The minimum absolute atomic E-state index is 0.118. The maximum Gasteiger partial charge on any atom is 0.281 e. The Kier molecular flexibility index (Phi) is 6.04. The molecule has 1 saturated heterocycles. The number of hydrogen-bond donors (Lipinski definition) is 1. The number of rotatable bonds is 4. The van der Waals surface area contributed by atoms with Gasteiger partial charge in [-0.25, -0.2) is 0 Å². The second-order valence-electron chi connectivity index (χ2n) is 5.94. The van der Waals surface area contributed by atoms with Crippen molar-refractivity contribution >= 4 is 44.4 Å². The molecule has 6 nitrogen and oxygen atoms in total. The fraction of sp³-hybridized carbons (Fsp3) is 0.533. The summed E-state index contributed by atoms with van der Waals surface area (Å²) in [5, 5.41) is 2.93. The van der Waals surface area contributed by atoms with Crippen LogP contribution in [0.5, 0.6) is 0 Å². The normalized spacial score (nSPS) is 19.8. The Morgan fingerprint density at radius 2 is 2.09 bits per heavy atom. The molecule has 1 aliphatic heterocycles. The summed E-state index contributed by atoms with van der Waals surface area (Å²) in [5.74, 6) is -0.440. The molecule has 1 heterocycles. The Labute approximate surface area is 151 Å². The van der Waals surface area contributed by atoms with Crippen LogP contribution in [0.4, 0.5) is 5.69 Å². The summed E-state index contributed by atoms with van der Waals surface area (Å²) in [6.45, 7) is 2.64. The van der Waals surface area contributed by atoms with Crippen molar-refractivity contribution in [2.24, 2.45) is 5.92 Å². The molecule has 1 N–H and O–H groups in total. The number of hydrogen-bond acceptors (Lipinski definition) is 3. The highest BCUT2D eigenvalue weighted by Crippen LogP contribution is 2.23. The minimum atomic E-state index is -3.47. The molecule has 1 atom stereocenters. The Morgan fingerprint density at radius 3 is 2.70 bits per heavy atom. The van der Waals surface area contributed by atoms with Gasteiger partial charge in [0.1, 0.15) is 0 Å². The van der Waals surface area contributed by atoms with Crippen LogP contribution in [0.25, 0.3) is 0 Å². The number of halogens is 1. The summed E-state index contributed by atoms with van der Waals surface area (Å²) in [7, 11) is -0.452. The molecule has 23 heavy (non-hydrogen) atoms. The van der Waals surface area contributed by atoms with Gasteiger partial charge in [0, 0.05) is 36.4 Å². The van der Waals surface area contributed by atoms with Crippen LogP contribution in [0, 0.1) is 16.4 Å². The predicted octanol–water partition coefficient (Wildman–Crippen LogP) is 2.06. The van der Waals surface area contributed by atoms with Crippen LogP contribution in [0.2, 0.25) is 0 Å². The van der Waals surface area contributed by atoms with Gasteiger partial charge in [0.15, 0.2) is 0 Å². The molecule has 0 bridgehead atoms. The fourth-order valence-electron chi connectivity index (χ4n) is 2.60. The van der Waals surface area contributed by atoms with Gasteiger partial charge < -0.3 is 5.32 Å². The van der Waals surface area contributed by atoms with Crippen molar-refractivity contribution < 1.29 is 13.2 Å². The van der Waals surface area contributed by atoms with E-state index in [1.165, 1.54) is 22.7 Å². The quantitative estimate of drug-likeness (QED) is 0.713. The van der Waals surface area contributed by atoms with E-state index in [1.807, 2.05) is 25.1 Å². The molecule has 1 aliphatic rings. The molecule has 2 rings (SSSR count). The van der Waals surface area contributed by atoms with Crippen LogP contribution in [-0.2, 0) is 15.0 Å². The zero-order chi connectivity index (χ0) is 17.2. The van der Waals surface area contributed by atoms with E-state index in [-0.39, 0.29) is 18.4 Å². The van der Waals surface area contributed by atoms with Crippen LogP contribution in [0.1, 0.15) is 18.4 Å². The molecule has 1 amide bonds. The summed E-state index contributed by atoms with van der Waals surface area (Å²) in [4.78, 5) is 12.5. The van der Waals surface area contributed by atoms with E-state index in [0.29, 0.717) is 19.4 Å². The average molecular weight is 451 g/mol. The number of benzene rings is 1. The summed E-state index contributed by atoms with van der Waals surface area (Å²) < 4.78 is 28.1. The number of nitrogens with one attached hydrogen (secondary N) is 1. The Balaban J connectivity index is 2.08. The topological polar surface area (TPSA) is 69.7 Å². The summed E-state index contributed by atoms with van der Waals surface area (Å²) in [6.07, 6.45) is 1.39. The van der Waals surface area contributed by atoms with Crippen molar-refractivity contribution in [1.82, 2.24) is 8.61 Å². The number of carbonyl (C=O) groups is 1. The molecule has 1 aromatic rings. The van der Waals surface area contributed by atoms with Crippen molar-refractivity contribution in [3.63, 3.8) is 0 Å². The SMILES string of the molecule is Cc1cc(I)ccc1NC(=O)C1CCCN(S(=O)(=O)N(C)C)C1. The van der Waals surface area contributed by atoms with Crippen LogP contribution in [0.15, 0.2) is 18.2 Å². The van der Waals surface area contributed by atoms with Gasteiger partial charge in [0.25, 0.3) is 10.2 Å². The third-order valence-electron chi connectivity index (χ3n) is 3.99. The molecule has 128 valence electrons. The lowest BCUT2D eigenvalue weighted by Crippen LogP contribution is -2.47. The zero-order valence-electron chi connectivity index (χ0n) is 13.5. The number of carbonyl (C=O) groups excluding carboxylic acids is 1. The number of amides is 1. The first-order valence-corrected chi connectivity index (χ1v) is 9.94. The number of aryl methyl sites for hydroxylation is 1. The average Bonchev–Trinajstić information content (AvgIpc) is 2.50. The molecular formula is C15H22IN3O3S. The van der Waals surface area contributed by atoms with Crippen LogP contribution in [0.3, 0.4) is 0 Å². The van der Waals surface area contributed by atoms with Crippen LogP contribution < -0.4 is 5.32 Å². The molecule has 0 aromatic heterocycles. The van der Waals surface area contributed by atoms with E-state index < -0.39 is 10.2 Å². The second kappa shape index (κ2) is 7.45. The molecule has 0 radical (unpaired) electrons. The van der Waals surface area contributed by atoms with E-state index in [1.54, 1.807) is 0 Å². The smallest absolute Gasteiger partial charge is 0.281 e. The van der Waals surface area contributed by atoms with Gasteiger partial charge in [-0.15, -0.1) is 0 Å². The van der Waals surface area contributed by atoms with E-state index in [4.69, 9.17) is 0 Å². The van der Waals surface area contributed by atoms with E-state index in [2.05, 4.69) is 27.9 Å². The van der Waals surface area contributed by atoms with Gasteiger partial charge >= 0.3 is 0 Å². The minimum Gasteiger partial charge on any atom is -0.326 e. The summed E-state index contributed by atoms with van der Waals surface area (Å²) >= 11 is 2.23. The maximum absolute atomic E-state index is 12.5. The van der Waals surface area contributed by atoms with Crippen molar-refractivity contribution in [3.05, 3.63) is 27.3 Å². The lowest BCUT2D eigenvalue weighted by atomic mass is 9.98. The van der Waals surface area contributed by atoms with Crippen molar-refractivity contribution in [3.8, 4) is 0 Å². The van der Waals surface area contributed by atoms with Gasteiger partial charge in [-0.1, -0.05) is 0 Å². The lowest BCUT2D eigenvalue weighted by molar-refractivity contribution is -0.120. The van der Waals surface area contributed by atoms with Gasteiger partial charge in [0.05, 0.1) is 5.92 Å². The van der Waals surface area contributed by atoms with E-state index >= 15 is 0 Å². The first-order valence-electron chi connectivity index (χ1n) is 7.46. The standard InChI is InChI=1S/C15H22IN3O3S/c1-11-9-13(16)6-7-14(11)17-15(20)12-5-4-8-19(10-12)23(21,22)18(2)3/h6-7,9,12H,4-5,8,10H2,1-3H3,(H,17,20). The van der Waals surface area contributed by atoms with E-state index in [9.17, 15) is 13.2 Å². The van der Waals surface area contributed by atoms with Crippen molar-refractivity contribution in [1.29, 1.82) is 0 Å². The Bertz CT molecular complexity index is 691. The van der Waals surface area contributed by atoms with Gasteiger partial charge in [-0.3, -0.25) is 4.79 Å². The second-order valence-corrected chi connectivity index (χ2v) is 9.32. The third kappa shape index (κ3) is 4.43. The largest absolute Gasteiger partial charge is 0.326 e. The van der Waals surface area contributed by atoms with Crippen molar-refractivity contribution in [2.75, 3.05) is 32.5 Å². The van der Waals surface area contributed by atoms with Crippen molar-refractivity contribution in [2.45, 2.75) is 19.8 Å². The number of nitrogens with zero attached hydrogens (tertiary/aromatic N) is 2. The molecule has 0 saturated carbocycles. The van der Waals surface area contributed by atoms with Gasteiger partial charge in [0.2, 0.25) is 5.91 Å². The Morgan fingerprint density at radius 1 is 1.39 bits per heavy atom. The van der Waals surface area contributed by atoms with Gasteiger partial charge in [-0.05, 0) is 66.1 Å². The Hall–Kier alpha value is -0.710. The van der Waals surface area contributed by atoms with Crippen LogP contribution in [-0.4, -0.2) is 50.1 Å². The highest BCUT2D eigenvalue weighted by molar-refractivity contribution is 14.1. The highest BCUT2D eigenvalue weighted by atomic mass is 127. The molecule has 0 aliphatic carbocycles. The zero-order valence-corrected chi connectivity index (χ0v) is 16.5. The number of piperidine rings is 1. The van der Waals surface area contributed by atoms with Gasteiger partial charge in [-0.2, -0.15) is 17.0 Å². The lowest BCUT2D eigenvalue weighted by Gasteiger charge is -2.32. The molecule has 1 fully saturated rings. The monoisotopic (exact) mass is 451 g/mol. The molecule has 8 heteroatoms. The first kappa shape index (κ1) is 18.6. The first-order chi connectivity index (χ1) is 10.7. The fourth-order valence-corrected chi connectivity index (χ4v) is 4.44. The predicted molar refractivity (Wildman–Crippen MR) is 99.4 cm³/mol. The maximum atomic E-state index is 12.5. The highest BCUT2D eigenvalue weighted by Gasteiger charge is 2.33. The summed E-state index contributed by atoms with van der Waals surface area (Å²) in [6, 6.07) is 5.82. The molecule has 0 spiro atoms.